The first-order valence-electron chi connectivity index (χ1n) is 6.30. The zero-order valence-electron chi connectivity index (χ0n) is 9.77. The summed E-state index contributed by atoms with van der Waals surface area (Å²) >= 11 is 0. The first-order chi connectivity index (χ1) is 7.27. The first-order valence-corrected chi connectivity index (χ1v) is 6.30. The van der Waals surface area contributed by atoms with Crippen molar-refractivity contribution in [2.45, 2.75) is 58.3 Å². The zero-order valence-corrected chi connectivity index (χ0v) is 9.77. The van der Waals surface area contributed by atoms with E-state index in [1.54, 1.807) is 16.7 Å². The monoisotopic (exact) mass is 201 g/mol. The molecule has 15 heavy (non-hydrogen) atoms. The molecule has 0 atom stereocenters. The van der Waals surface area contributed by atoms with E-state index in [2.05, 4.69) is 13.8 Å². The Morgan fingerprint density at radius 1 is 0.867 bits per heavy atom. The van der Waals surface area contributed by atoms with Gasteiger partial charge in [-0.05, 0) is 61.1 Å². The minimum atomic E-state index is 0.600. The quantitative estimate of drug-likeness (QED) is 0.680. The van der Waals surface area contributed by atoms with Crippen LogP contribution in [-0.4, -0.2) is 4.98 Å². The molecule has 0 fully saturated rings. The number of hydrogen-bond acceptors (Lipinski definition) is 1. The molecule has 0 bridgehead atoms. The fourth-order valence-corrected chi connectivity index (χ4v) is 3.23. The van der Waals surface area contributed by atoms with Gasteiger partial charge in [-0.3, -0.25) is 4.98 Å². The molecule has 3 rings (SSSR count). The van der Waals surface area contributed by atoms with Crippen LogP contribution in [0.15, 0.2) is 0 Å². The molecule has 0 saturated heterocycles. The maximum atomic E-state index is 4.92. The van der Waals surface area contributed by atoms with Gasteiger partial charge in [0.25, 0.3) is 0 Å². The Kier molecular flexibility index (Phi) is 2.08. The van der Waals surface area contributed by atoms with E-state index in [1.807, 2.05) is 0 Å². The molecule has 0 N–H and O–H groups in total. The molecule has 0 saturated carbocycles. The van der Waals surface area contributed by atoms with Crippen LogP contribution in [0.3, 0.4) is 0 Å². The van der Waals surface area contributed by atoms with Crippen molar-refractivity contribution in [1.82, 2.24) is 4.98 Å². The van der Waals surface area contributed by atoms with Gasteiger partial charge in [-0.15, -0.1) is 0 Å². The lowest BCUT2D eigenvalue weighted by molar-refractivity contribution is 0.785. The molecule has 0 aromatic carbocycles. The van der Waals surface area contributed by atoms with Gasteiger partial charge < -0.3 is 0 Å². The van der Waals surface area contributed by atoms with Crippen molar-refractivity contribution in [3.8, 4) is 0 Å². The molecule has 0 radical (unpaired) electrons. The lowest BCUT2D eigenvalue weighted by Gasteiger charge is -2.14. The number of aromatic nitrogens is 1. The van der Waals surface area contributed by atoms with Crippen molar-refractivity contribution < 1.29 is 0 Å². The molecular weight excluding hydrogens is 182 g/mol. The second-order valence-electron chi connectivity index (χ2n) is 5.24. The highest BCUT2D eigenvalue weighted by atomic mass is 14.7. The maximum absolute atomic E-state index is 4.92. The van der Waals surface area contributed by atoms with Gasteiger partial charge in [0.15, 0.2) is 0 Å². The summed E-state index contributed by atoms with van der Waals surface area (Å²) in [5.74, 6) is 0.600. The fraction of sp³-hybridized carbons (Fsp3) is 0.643. The summed E-state index contributed by atoms with van der Waals surface area (Å²) in [7, 11) is 0. The van der Waals surface area contributed by atoms with Gasteiger partial charge in [0.05, 0.1) is 0 Å². The topological polar surface area (TPSA) is 12.9 Å². The van der Waals surface area contributed by atoms with E-state index in [9.17, 15) is 0 Å². The number of nitrogens with zero attached hydrogens (tertiary/aromatic N) is 1. The number of rotatable bonds is 1. The molecule has 2 aliphatic carbocycles. The summed E-state index contributed by atoms with van der Waals surface area (Å²) in [6.45, 7) is 4.56. The van der Waals surface area contributed by atoms with Crippen LogP contribution in [0.4, 0.5) is 0 Å². The standard InChI is InChI=1S/C14H19N/c1-9(2)14-12-7-3-5-10(12)11-6-4-8-13(11)15-14/h9H,3-8H2,1-2H3. The number of fused-ring (bicyclic) bond motifs is 3. The van der Waals surface area contributed by atoms with E-state index in [-0.39, 0.29) is 0 Å². The van der Waals surface area contributed by atoms with Crippen LogP contribution in [0.5, 0.6) is 0 Å². The van der Waals surface area contributed by atoms with Crippen LogP contribution < -0.4 is 0 Å². The molecule has 0 spiro atoms. The van der Waals surface area contributed by atoms with Crippen LogP contribution in [0, 0.1) is 0 Å². The van der Waals surface area contributed by atoms with Crippen LogP contribution in [0.25, 0.3) is 0 Å². The summed E-state index contributed by atoms with van der Waals surface area (Å²) in [6, 6.07) is 0. The predicted octanol–water partition coefficient (Wildman–Crippen LogP) is 3.18. The molecule has 1 heterocycles. The summed E-state index contributed by atoms with van der Waals surface area (Å²) in [5, 5.41) is 0. The summed E-state index contributed by atoms with van der Waals surface area (Å²) in [4.78, 5) is 4.92. The third-order valence-corrected chi connectivity index (χ3v) is 3.88. The van der Waals surface area contributed by atoms with Crippen molar-refractivity contribution in [2.24, 2.45) is 0 Å². The molecule has 1 nitrogen and oxygen atoms in total. The van der Waals surface area contributed by atoms with Gasteiger partial charge in [-0.25, -0.2) is 0 Å². The van der Waals surface area contributed by atoms with Crippen LogP contribution in [0.1, 0.15) is 60.7 Å². The van der Waals surface area contributed by atoms with E-state index < -0.39 is 0 Å². The largest absolute Gasteiger partial charge is 0.257 e. The van der Waals surface area contributed by atoms with Gasteiger partial charge in [-0.1, -0.05) is 13.8 Å². The van der Waals surface area contributed by atoms with Gasteiger partial charge in [0.1, 0.15) is 0 Å². The van der Waals surface area contributed by atoms with Gasteiger partial charge >= 0.3 is 0 Å². The van der Waals surface area contributed by atoms with Crippen LogP contribution in [0.2, 0.25) is 0 Å². The second kappa shape index (κ2) is 3.33. The maximum Gasteiger partial charge on any atom is 0.0467 e. The van der Waals surface area contributed by atoms with Gasteiger partial charge in [0.2, 0.25) is 0 Å². The lowest BCUT2D eigenvalue weighted by atomic mass is 9.96. The van der Waals surface area contributed by atoms with Crippen molar-refractivity contribution in [3.63, 3.8) is 0 Å². The highest BCUT2D eigenvalue weighted by Gasteiger charge is 2.26. The highest BCUT2D eigenvalue weighted by molar-refractivity contribution is 5.46. The molecule has 1 aromatic rings. The Balaban J connectivity index is 2.22. The van der Waals surface area contributed by atoms with E-state index in [0.717, 1.165) is 0 Å². The van der Waals surface area contributed by atoms with E-state index in [1.165, 1.54) is 49.9 Å². The smallest absolute Gasteiger partial charge is 0.0467 e. The summed E-state index contributed by atoms with van der Waals surface area (Å²) in [6.07, 6.45) is 7.80. The zero-order chi connectivity index (χ0) is 10.4. The molecular formula is C14H19N. The molecule has 1 heteroatoms. The molecule has 0 unspecified atom stereocenters. The summed E-state index contributed by atoms with van der Waals surface area (Å²) < 4.78 is 0. The molecule has 80 valence electrons. The highest BCUT2D eigenvalue weighted by Crippen LogP contribution is 2.36. The fourth-order valence-electron chi connectivity index (χ4n) is 3.23. The second-order valence-corrected chi connectivity index (χ2v) is 5.24. The summed E-state index contributed by atoms with van der Waals surface area (Å²) in [5.41, 5.74) is 7.78. The van der Waals surface area contributed by atoms with E-state index in [0.29, 0.717) is 5.92 Å². The normalized spacial score (nSPS) is 18.3. The Labute approximate surface area is 91.9 Å². The molecule has 1 aromatic heterocycles. The van der Waals surface area contributed by atoms with Crippen molar-refractivity contribution in [1.29, 1.82) is 0 Å². The van der Waals surface area contributed by atoms with Gasteiger partial charge in [0, 0.05) is 11.4 Å². The molecule has 0 amide bonds. The third kappa shape index (κ3) is 1.32. The average molecular weight is 201 g/mol. The Morgan fingerprint density at radius 3 is 2.33 bits per heavy atom. The molecule has 0 aliphatic heterocycles. The first kappa shape index (κ1) is 9.38. The SMILES string of the molecule is CC(C)c1nc2c(c3c1CCC3)CCC2. The van der Waals surface area contributed by atoms with Crippen molar-refractivity contribution >= 4 is 0 Å². The van der Waals surface area contributed by atoms with Gasteiger partial charge in [-0.2, -0.15) is 0 Å². The number of aryl methyl sites for hydroxylation is 1. The predicted molar refractivity (Wildman–Crippen MR) is 62.4 cm³/mol. The molecule has 2 aliphatic rings. The van der Waals surface area contributed by atoms with Crippen molar-refractivity contribution in [2.75, 3.05) is 0 Å². The Hall–Kier alpha value is -0.850. The minimum absolute atomic E-state index is 0.600. The lowest BCUT2D eigenvalue weighted by Crippen LogP contribution is -2.05. The van der Waals surface area contributed by atoms with Crippen LogP contribution in [-0.2, 0) is 25.7 Å². The Morgan fingerprint density at radius 2 is 1.53 bits per heavy atom. The third-order valence-electron chi connectivity index (χ3n) is 3.88. The van der Waals surface area contributed by atoms with E-state index in [4.69, 9.17) is 4.98 Å². The van der Waals surface area contributed by atoms with Crippen molar-refractivity contribution in [3.05, 3.63) is 28.1 Å². The average Bonchev–Trinajstić information content (AvgIpc) is 2.83. The van der Waals surface area contributed by atoms with Crippen LogP contribution >= 0.6 is 0 Å². The number of pyridine rings is 1. The van der Waals surface area contributed by atoms with E-state index >= 15 is 0 Å². The number of hydrogen-bond donors (Lipinski definition) is 0. The minimum Gasteiger partial charge on any atom is -0.257 e. The Bertz CT molecular complexity index is 404.